The number of carbonyl (C=O) groups is 1. The van der Waals surface area contributed by atoms with E-state index in [4.69, 9.17) is 11.6 Å². The van der Waals surface area contributed by atoms with Crippen LogP contribution in [0.3, 0.4) is 0 Å². The highest BCUT2D eigenvalue weighted by Gasteiger charge is 2.08. The first-order valence-corrected chi connectivity index (χ1v) is 7.34. The van der Waals surface area contributed by atoms with E-state index in [-0.39, 0.29) is 17.4 Å². The molecule has 116 valence electrons. The molecule has 3 rings (SSSR count). The van der Waals surface area contributed by atoms with Gasteiger partial charge in [-0.15, -0.1) is 0 Å². The fraction of sp³-hybridized carbons (Fsp3) is 0.0588. The van der Waals surface area contributed by atoms with Crippen LogP contribution in [-0.4, -0.2) is 15.7 Å². The summed E-state index contributed by atoms with van der Waals surface area (Å²) in [4.78, 5) is 12.0. The minimum Gasteiger partial charge on any atom is -0.309 e. The maximum absolute atomic E-state index is 13.2. The lowest BCUT2D eigenvalue weighted by Gasteiger charge is -2.04. The molecule has 0 saturated heterocycles. The van der Waals surface area contributed by atoms with E-state index in [9.17, 15) is 9.18 Å². The van der Waals surface area contributed by atoms with Crippen LogP contribution in [0.25, 0.3) is 5.69 Å². The number of amides is 1. The third-order valence-corrected chi connectivity index (χ3v) is 3.52. The molecular weight excluding hydrogens is 317 g/mol. The first-order chi connectivity index (χ1) is 11.1. The van der Waals surface area contributed by atoms with Gasteiger partial charge in [-0.05, 0) is 23.8 Å². The molecule has 0 unspecified atom stereocenters. The van der Waals surface area contributed by atoms with Crippen molar-refractivity contribution in [3.05, 3.63) is 77.2 Å². The predicted octanol–water partition coefficient (Wildman–Crippen LogP) is 3.85. The summed E-state index contributed by atoms with van der Waals surface area (Å²) in [5, 5.41) is 6.99. The molecule has 23 heavy (non-hydrogen) atoms. The van der Waals surface area contributed by atoms with Gasteiger partial charge in [-0.3, -0.25) is 4.79 Å². The Labute approximate surface area is 137 Å². The smallest absolute Gasteiger partial charge is 0.229 e. The Kier molecular flexibility index (Phi) is 4.39. The van der Waals surface area contributed by atoms with E-state index in [1.165, 1.54) is 16.8 Å². The van der Waals surface area contributed by atoms with Crippen molar-refractivity contribution in [2.75, 3.05) is 5.32 Å². The van der Waals surface area contributed by atoms with Gasteiger partial charge in [0.25, 0.3) is 0 Å². The summed E-state index contributed by atoms with van der Waals surface area (Å²) in [6, 6.07) is 15.4. The van der Waals surface area contributed by atoms with Gasteiger partial charge in [0.2, 0.25) is 5.91 Å². The number of carbonyl (C=O) groups excluding carboxylic acids is 1. The van der Waals surface area contributed by atoms with Gasteiger partial charge < -0.3 is 5.32 Å². The maximum Gasteiger partial charge on any atom is 0.229 e. The molecule has 0 saturated carbocycles. The zero-order valence-corrected chi connectivity index (χ0v) is 12.8. The van der Waals surface area contributed by atoms with Crippen LogP contribution in [0, 0.1) is 5.82 Å². The molecule has 1 aromatic heterocycles. The summed E-state index contributed by atoms with van der Waals surface area (Å²) in [5.41, 5.74) is 1.54. The molecule has 0 aliphatic carbocycles. The molecular formula is C17H13ClFN3O. The molecule has 0 radical (unpaired) electrons. The molecule has 1 amide bonds. The lowest BCUT2D eigenvalue weighted by molar-refractivity contribution is -0.115. The molecule has 0 atom stereocenters. The van der Waals surface area contributed by atoms with Gasteiger partial charge in [0.1, 0.15) is 5.82 Å². The second kappa shape index (κ2) is 6.62. The summed E-state index contributed by atoms with van der Waals surface area (Å²) in [5.74, 6) is -0.219. The number of benzene rings is 2. The molecule has 1 N–H and O–H groups in total. The summed E-state index contributed by atoms with van der Waals surface area (Å²) in [6.07, 6.45) is 1.94. The minimum atomic E-state index is -0.487. The average Bonchev–Trinajstić information content (AvgIpc) is 2.99. The molecule has 1 heterocycles. The summed E-state index contributed by atoms with van der Waals surface area (Å²) < 4.78 is 14.7. The van der Waals surface area contributed by atoms with E-state index in [1.807, 2.05) is 30.3 Å². The van der Waals surface area contributed by atoms with E-state index in [1.54, 1.807) is 18.3 Å². The molecule has 0 aliphatic heterocycles. The Morgan fingerprint density at radius 1 is 1.17 bits per heavy atom. The number of hydrogen-bond donors (Lipinski definition) is 1. The van der Waals surface area contributed by atoms with E-state index in [2.05, 4.69) is 10.4 Å². The van der Waals surface area contributed by atoms with Crippen molar-refractivity contribution in [3.8, 4) is 5.69 Å². The maximum atomic E-state index is 13.2. The second-order valence-corrected chi connectivity index (χ2v) is 5.36. The third kappa shape index (κ3) is 3.76. The van der Waals surface area contributed by atoms with Crippen LogP contribution >= 0.6 is 11.6 Å². The van der Waals surface area contributed by atoms with Gasteiger partial charge in [0, 0.05) is 12.3 Å². The third-order valence-electron chi connectivity index (χ3n) is 3.23. The van der Waals surface area contributed by atoms with Crippen LogP contribution in [0.2, 0.25) is 5.02 Å². The summed E-state index contributed by atoms with van der Waals surface area (Å²) in [7, 11) is 0. The number of halogens is 2. The molecule has 4 nitrogen and oxygen atoms in total. The monoisotopic (exact) mass is 329 g/mol. The highest BCUT2D eigenvalue weighted by atomic mass is 35.5. The van der Waals surface area contributed by atoms with Crippen molar-refractivity contribution in [2.24, 2.45) is 0 Å². The van der Waals surface area contributed by atoms with Crippen molar-refractivity contribution in [1.29, 1.82) is 0 Å². The Morgan fingerprint density at radius 2 is 1.96 bits per heavy atom. The lowest BCUT2D eigenvalue weighted by Crippen LogP contribution is -2.14. The number of nitrogens with zero attached hydrogens (tertiary/aromatic N) is 2. The predicted molar refractivity (Wildman–Crippen MR) is 87.3 cm³/mol. The summed E-state index contributed by atoms with van der Waals surface area (Å²) >= 11 is 5.76. The fourth-order valence-electron chi connectivity index (χ4n) is 2.13. The van der Waals surface area contributed by atoms with Gasteiger partial charge in [0.05, 0.1) is 17.1 Å². The molecule has 6 heteroatoms. The molecule has 2 aromatic carbocycles. The highest BCUT2D eigenvalue weighted by Crippen LogP contribution is 2.19. The van der Waals surface area contributed by atoms with Gasteiger partial charge in [-0.1, -0.05) is 41.9 Å². The lowest BCUT2D eigenvalue weighted by atomic mass is 10.1. The van der Waals surface area contributed by atoms with Crippen LogP contribution in [0.1, 0.15) is 5.56 Å². The van der Waals surface area contributed by atoms with Gasteiger partial charge in [0.15, 0.2) is 5.82 Å². The first kappa shape index (κ1) is 15.2. The van der Waals surface area contributed by atoms with Crippen LogP contribution in [-0.2, 0) is 11.2 Å². The normalized spacial score (nSPS) is 10.5. The van der Waals surface area contributed by atoms with E-state index < -0.39 is 5.82 Å². The average molecular weight is 330 g/mol. The second-order valence-electron chi connectivity index (χ2n) is 4.95. The van der Waals surface area contributed by atoms with Crippen molar-refractivity contribution in [2.45, 2.75) is 6.42 Å². The first-order valence-electron chi connectivity index (χ1n) is 6.97. The number of aromatic nitrogens is 2. The Morgan fingerprint density at radius 3 is 2.70 bits per heavy atom. The van der Waals surface area contributed by atoms with Crippen LogP contribution in [0.15, 0.2) is 60.8 Å². The van der Waals surface area contributed by atoms with Crippen LogP contribution in [0.4, 0.5) is 10.2 Å². The largest absolute Gasteiger partial charge is 0.309 e. The molecule has 0 aliphatic rings. The summed E-state index contributed by atoms with van der Waals surface area (Å²) in [6.45, 7) is 0. The van der Waals surface area contributed by atoms with Crippen molar-refractivity contribution < 1.29 is 9.18 Å². The van der Waals surface area contributed by atoms with Crippen LogP contribution in [0.5, 0.6) is 0 Å². The van der Waals surface area contributed by atoms with E-state index in [0.717, 1.165) is 5.56 Å². The van der Waals surface area contributed by atoms with Crippen LogP contribution < -0.4 is 5.32 Å². The fourth-order valence-corrected chi connectivity index (χ4v) is 2.31. The van der Waals surface area contributed by atoms with Crippen molar-refractivity contribution >= 4 is 23.3 Å². The Balaban J connectivity index is 1.69. The highest BCUT2D eigenvalue weighted by molar-refractivity contribution is 6.30. The van der Waals surface area contributed by atoms with Crippen molar-refractivity contribution in [1.82, 2.24) is 9.78 Å². The number of rotatable bonds is 4. The minimum absolute atomic E-state index is 0.0210. The molecule has 0 spiro atoms. The molecule has 0 bridgehead atoms. The number of hydrogen-bond acceptors (Lipinski definition) is 2. The quantitative estimate of drug-likeness (QED) is 0.790. The number of anilines is 1. The van der Waals surface area contributed by atoms with Gasteiger partial charge >= 0.3 is 0 Å². The van der Waals surface area contributed by atoms with E-state index in [0.29, 0.717) is 11.5 Å². The molecule has 0 fully saturated rings. The SMILES string of the molecule is O=C(Cc1ccccc1)Nc1ccn(-c2ccc(F)c(Cl)c2)n1. The van der Waals surface area contributed by atoms with E-state index >= 15 is 0 Å². The molecule has 3 aromatic rings. The zero-order chi connectivity index (χ0) is 16.2. The number of nitrogens with one attached hydrogen (secondary N) is 1. The van der Waals surface area contributed by atoms with Gasteiger partial charge in [-0.25, -0.2) is 9.07 Å². The Bertz CT molecular complexity index is 833. The zero-order valence-electron chi connectivity index (χ0n) is 12.0. The Hall–Kier alpha value is -2.66. The van der Waals surface area contributed by atoms with Gasteiger partial charge in [-0.2, -0.15) is 5.10 Å². The topological polar surface area (TPSA) is 46.9 Å². The standard InChI is InChI=1S/C17H13ClFN3O/c18-14-11-13(6-7-15(14)19)22-9-8-16(21-22)20-17(23)10-12-4-2-1-3-5-12/h1-9,11H,10H2,(H,20,21,23). The van der Waals surface area contributed by atoms with Crippen molar-refractivity contribution in [3.63, 3.8) is 0 Å².